The van der Waals surface area contributed by atoms with Crippen LogP contribution in [0.4, 0.5) is 5.13 Å². The molecule has 9 nitrogen and oxygen atoms in total. The van der Waals surface area contributed by atoms with Crippen molar-refractivity contribution in [1.29, 1.82) is 0 Å². The van der Waals surface area contributed by atoms with E-state index in [-0.39, 0.29) is 10.9 Å². The molecule has 10 heteroatoms. The molecule has 192 valence electrons. The first-order chi connectivity index (χ1) is 19.0. The lowest BCUT2D eigenvalue weighted by molar-refractivity contribution is -0.136. The van der Waals surface area contributed by atoms with Crippen LogP contribution >= 0.6 is 11.3 Å². The van der Waals surface area contributed by atoms with Crippen LogP contribution in [0.15, 0.2) is 96.1 Å². The molecule has 0 spiro atoms. The van der Waals surface area contributed by atoms with Gasteiger partial charge in [0.15, 0.2) is 0 Å². The van der Waals surface area contributed by atoms with Crippen LogP contribution in [0, 0.1) is 6.92 Å². The highest BCUT2D eigenvalue weighted by Gasteiger charge is 2.17. The third-order valence-corrected chi connectivity index (χ3v) is 6.54. The van der Waals surface area contributed by atoms with Gasteiger partial charge in [-0.25, -0.2) is 10.2 Å². The van der Waals surface area contributed by atoms with Gasteiger partial charge >= 0.3 is 17.8 Å². The summed E-state index contributed by atoms with van der Waals surface area (Å²) >= 11 is 1.14. The number of aryl methyl sites for hydroxylation is 1. The van der Waals surface area contributed by atoms with Crippen LogP contribution in [0.3, 0.4) is 0 Å². The van der Waals surface area contributed by atoms with E-state index in [1.807, 2.05) is 79.7 Å². The third kappa shape index (κ3) is 6.03. The van der Waals surface area contributed by atoms with Gasteiger partial charge in [-0.15, -0.1) is 10.2 Å². The van der Waals surface area contributed by atoms with E-state index in [0.717, 1.165) is 33.2 Å². The Morgan fingerprint density at radius 3 is 2.38 bits per heavy atom. The number of nitrogens with one attached hydrogen (secondary N) is 2. The van der Waals surface area contributed by atoms with Crippen molar-refractivity contribution >= 4 is 51.2 Å². The first-order valence-electron chi connectivity index (χ1n) is 11.8. The summed E-state index contributed by atoms with van der Waals surface area (Å²) < 4.78 is 5.67. The van der Waals surface area contributed by atoms with Crippen molar-refractivity contribution in [2.45, 2.75) is 6.92 Å². The number of nitrogens with zero attached hydrogens (tertiary/aromatic N) is 3. The monoisotopic (exact) mass is 535 g/mol. The molecule has 0 aliphatic rings. The van der Waals surface area contributed by atoms with Crippen molar-refractivity contribution in [1.82, 2.24) is 15.6 Å². The standard InChI is InChI=1S/C29H21N5O4S/c1-18-11-13-21(14-12-18)28(37)38-24-16-15-19-7-5-6-10-22(19)23(24)17-30-32-26(36)25(35)31-29-34-33-27(39-29)20-8-3-2-4-9-20/h2-17H,1H3,(H,32,36)(H,31,34,35). The van der Waals surface area contributed by atoms with Crippen LogP contribution in [-0.2, 0) is 9.59 Å². The van der Waals surface area contributed by atoms with Crippen LogP contribution in [0.2, 0.25) is 0 Å². The van der Waals surface area contributed by atoms with E-state index in [1.165, 1.54) is 6.21 Å². The number of carbonyl (C=O) groups is 3. The number of aromatic nitrogens is 2. The van der Waals surface area contributed by atoms with E-state index < -0.39 is 17.8 Å². The van der Waals surface area contributed by atoms with Crippen LogP contribution in [-0.4, -0.2) is 34.2 Å². The molecule has 1 heterocycles. The van der Waals surface area contributed by atoms with Crippen LogP contribution in [0.1, 0.15) is 21.5 Å². The fraction of sp³-hybridized carbons (Fsp3) is 0.0345. The zero-order chi connectivity index (χ0) is 27.2. The van der Waals surface area contributed by atoms with Crippen LogP contribution in [0.25, 0.3) is 21.3 Å². The number of hydrogen-bond donors (Lipinski definition) is 2. The number of amides is 2. The molecule has 1 aromatic heterocycles. The highest BCUT2D eigenvalue weighted by molar-refractivity contribution is 7.18. The molecular formula is C29H21N5O4S. The Bertz CT molecular complexity index is 1700. The summed E-state index contributed by atoms with van der Waals surface area (Å²) in [6.45, 7) is 1.93. The summed E-state index contributed by atoms with van der Waals surface area (Å²) in [4.78, 5) is 37.5. The SMILES string of the molecule is Cc1ccc(C(=O)Oc2ccc3ccccc3c2C=NNC(=O)C(=O)Nc2nnc(-c3ccccc3)s2)cc1. The second-order valence-corrected chi connectivity index (χ2v) is 9.36. The Morgan fingerprint density at radius 2 is 1.59 bits per heavy atom. The summed E-state index contributed by atoms with van der Waals surface area (Å²) in [6, 6.07) is 27.3. The molecule has 0 aliphatic carbocycles. The molecule has 0 fully saturated rings. The summed E-state index contributed by atoms with van der Waals surface area (Å²) in [6.07, 6.45) is 1.34. The quantitative estimate of drug-likeness (QED) is 0.104. The fourth-order valence-electron chi connectivity index (χ4n) is 3.68. The average molecular weight is 536 g/mol. The highest BCUT2D eigenvalue weighted by Crippen LogP contribution is 2.28. The van der Waals surface area contributed by atoms with Gasteiger partial charge in [-0.2, -0.15) is 5.10 Å². The fourth-order valence-corrected chi connectivity index (χ4v) is 4.42. The van der Waals surface area contributed by atoms with Crippen LogP contribution in [0.5, 0.6) is 5.75 Å². The van der Waals surface area contributed by atoms with Crippen molar-refractivity contribution < 1.29 is 19.1 Å². The van der Waals surface area contributed by atoms with Crippen molar-refractivity contribution in [2.24, 2.45) is 5.10 Å². The highest BCUT2D eigenvalue weighted by atomic mass is 32.1. The smallest absolute Gasteiger partial charge is 0.343 e. The summed E-state index contributed by atoms with van der Waals surface area (Å²) in [5, 5.41) is 16.7. The Hall–Kier alpha value is -5.22. The second-order valence-electron chi connectivity index (χ2n) is 8.39. The van der Waals surface area contributed by atoms with E-state index in [2.05, 4.69) is 26.0 Å². The molecule has 2 N–H and O–H groups in total. The maximum Gasteiger partial charge on any atom is 0.343 e. The molecule has 5 aromatic rings. The normalized spacial score (nSPS) is 10.9. The van der Waals surface area contributed by atoms with Gasteiger partial charge < -0.3 is 4.74 Å². The lowest BCUT2D eigenvalue weighted by atomic mass is 10.0. The summed E-state index contributed by atoms with van der Waals surface area (Å²) in [7, 11) is 0. The van der Waals surface area contributed by atoms with Crippen molar-refractivity contribution in [3.63, 3.8) is 0 Å². The first kappa shape index (κ1) is 25.4. The topological polar surface area (TPSA) is 123 Å². The molecule has 2 amide bonds. The number of hydrogen-bond acceptors (Lipinski definition) is 8. The number of hydrazone groups is 1. The minimum absolute atomic E-state index is 0.178. The first-order valence-corrected chi connectivity index (χ1v) is 12.6. The van der Waals surface area contributed by atoms with E-state index in [9.17, 15) is 14.4 Å². The van der Waals surface area contributed by atoms with Gasteiger partial charge in [-0.3, -0.25) is 14.9 Å². The lowest BCUT2D eigenvalue weighted by Crippen LogP contribution is -2.32. The minimum atomic E-state index is -0.999. The minimum Gasteiger partial charge on any atom is -0.422 e. The Kier molecular flexibility index (Phi) is 7.46. The lowest BCUT2D eigenvalue weighted by Gasteiger charge is -2.10. The number of benzene rings is 4. The molecule has 39 heavy (non-hydrogen) atoms. The number of fused-ring (bicyclic) bond motifs is 1. The largest absolute Gasteiger partial charge is 0.422 e. The average Bonchev–Trinajstić information content (AvgIpc) is 3.43. The number of carbonyl (C=O) groups excluding carboxylic acids is 3. The van der Waals surface area contributed by atoms with E-state index in [1.54, 1.807) is 18.2 Å². The van der Waals surface area contributed by atoms with Gasteiger partial charge in [0.25, 0.3) is 0 Å². The predicted octanol–water partition coefficient (Wildman–Crippen LogP) is 4.97. The molecular weight excluding hydrogens is 514 g/mol. The van der Waals surface area contributed by atoms with Gasteiger partial charge in [0, 0.05) is 11.1 Å². The van der Waals surface area contributed by atoms with Gasteiger partial charge in [0.05, 0.1) is 11.8 Å². The van der Waals surface area contributed by atoms with E-state index >= 15 is 0 Å². The van der Waals surface area contributed by atoms with E-state index in [0.29, 0.717) is 16.1 Å². The Balaban J connectivity index is 1.30. The summed E-state index contributed by atoms with van der Waals surface area (Å²) in [5.74, 6) is -2.23. The van der Waals surface area contributed by atoms with Gasteiger partial charge in [-0.1, -0.05) is 89.7 Å². The molecule has 0 bridgehead atoms. The zero-order valence-corrected chi connectivity index (χ0v) is 21.4. The molecule has 0 radical (unpaired) electrons. The van der Waals surface area contributed by atoms with Crippen molar-refractivity contribution in [3.8, 4) is 16.3 Å². The molecule has 0 unspecified atom stereocenters. The zero-order valence-electron chi connectivity index (χ0n) is 20.6. The molecule has 0 saturated heterocycles. The number of rotatable bonds is 6. The molecule has 5 rings (SSSR count). The Morgan fingerprint density at radius 1 is 0.846 bits per heavy atom. The van der Waals surface area contributed by atoms with E-state index in [4.69, 9.17) is 4.74 Å². The van der Waals surface area contributed by atoms with Crippen molar-refractivity contribution in [3.05, 3.63) is 108 Å². The molecule has 0 aliphatic heterocycles. The van der Waals surface area contributed by atoms with Crippen LogP contribution < -0.4 is 15.5 Å². The number of ether oxygens (including phenoxy) is 1. The maximum absolute atomic E-state index is 12.8. The predicted molar refractivity (Wildman–Crippen MR) is 150 cm³/mol. The second kappa shape index (κ2) is 11.4. The maximum atomic E-state index is 12.8. The van der Waals surface area contributed by atoms with Gasteiger partial charge in [-0.05, 0) is 35.9 Å². The van der Waals surface area contributed by atoms with Gasteiger partial charge in [0.1, 0.15) is 10.8 Å². The molecule has 0 saturated carbocycles. The molecule has 4 aromatic carbocycles. The number of anilines is 1. The summed E-state index contributed by atoms with van der Waals surface area (Å²) in [5.41, 5.74) is 4.93. The Labute approximate surface area is 227 Å². The third-order valence-electron chi connectivity index (χ3n) is 5.65. The van der Waals surface area contributed by atoms with Crippen molar-refractivity contribution in [2.75, 3.05) is 5.32 Å². The molecule has 0 atom stereocenters. The van der Waals surface area contributed by atoms with Gasteiger partial charge in [0.2, 0.25) is 5.13 Å². The number of esters is 1.